The van der Waals surface area contributed by atoms with Crippen LogP contribution in [-0.4, -0.2) is 9.55 Å². The van der Waals surface area contributed by atoms with E-state index in [0.717, 1.165) is 27.9 Å². The van der Waals surface area contributed by atoms with Gasteiger partial charge in [-0.1, -0.05) is 30.3 Å². The fourth-order valence-electron chi connectivity index (χ4n) is 3.24. The SMILES string of the molecule is N#Cc1ccccc1-c1cc(Cn2ccccc2=O)cc(-c2ccccn2)c1. The van der Waals surface area contributed by atoms with Crippen LogP contribution < -0.4 is 5.56 Å². The fourth-order valence-corrected chi connectivity index (χ4v) is 3.24. The molecule has 2 aromatic heterocycles. The van der Waals surface area contributed by atoms with E-state index >= 15 is 0 Å². The van der Waals surface area contributed by atoms with Gasteiger partial charge in [0.05, 0.1) is 23.9 Å². The predicted octanol–water partition coefficient (Wildman–Crippen LogP) is 4.50. The Morgan fingerprint density at radius 3 is 2.46 bits per heavy atom. The van der Waals surface area contributed by atoms with Crippen molar-refractivity contribution in [2.45, 2.75) is 6.54 Å². The highest BCUT2D eigenvalue weighted by Crippen LogP contribution is 2.29. The summed E-state index contributed by atoms with van der Waals surface area (Å²) in [5.74, 6) is 0. The van der Waals surface area contributed by atoms with Gasteiger partial charge in [-0.05, 0) is 59.2 Å². The molecule has 4 heteroatoms. The molecule has 0 aliphatic rings. The molecule has 0 saturated heterocycles. The van der Waals surface area contributed by atoms with Gasteiger partial charge >= 0.3 is 0 Å². The van der Waals surface area contributed by atoms with Gasteiger partial charge in [0.2, 0.25) is 0 Å². The molecule has 0 fully saturated rings. The number of benzene rings is 2. The van der Waals surface area contributed by atoms with E-state index in [9.17, 15) is 10.1 Å². The van der Waals surface area contributed by atoms with E-state index in [-0.39, 0.29) is 5.56 Å². The topological polar surface area (TPSA) is 58.7 Å². The van der Waals surface area contributed by atoms with Gasteiger partial charge in [-0.2, -0.15) is 5.26 Å². The smallest absolute Gasteiger partial charge is 0.250 e. The molecule has 0 atom stereocenters. The number of nitrogens with zero attached hydrogens (tertiary/aromatic N) is 3. The van der Waals surface area contributed by atoms with Crippen molar-refractivity contribution >= 4 is 0 Å². The molecule has 2 aromatic carbocycles. The minimum absolute atomic E-state index is 0.0512. The first-order chi connectivity index (χ1) is 13.7. The van der Waals surface area contributed by atoms with Gasteiger partial charge in [0.15, 0.2) is 0 Å². The van der Waals surface area contributed by atoms with Crippen LogP contribution in [0.15, 0.2) is 96.1 Å². The summed E-state index contributed by atoms with van der Waals surface area (Å²) in [6, 6.07) is 26.8. The van der Waals surface area contributed by atoms with Crippen LogP contribution in [-0.2, 0) is 6.54 Å². The normalized spacial score (nSPS) is 10.4. The predicted molar refractivity (Wildman–Crippen MR) is 110 cm³/mol. The highest BCUT2D eigenvalue weighted by molar-refractivity contribution is 5.76. The average Bonchev–Trinajstić information content (AvgIpc) is 2.76. The molecule has 0 bridgehead atoms. The van der Waals surface area contributed by atoms with E-state index in [2.05, 4.69) is 11.1 Å². The Balaban J connectivity index is 1.88. The largest absolute Gasteiger partial charge is 0.311 e. The van der Waals surface area contributed by atoms with Gasteiger partial charge in [0.25, 0.3) is 5.56 Å². The van der Waals surface area contributed by atoms with Crippen LogP contribution in [0.4, 0.5) is 0 Å². The number of hydrogen-bond acceptors (Lipinski definition) is 3. The summed E-state index contributed by atoms with van der Waals surface area (Å²) in [6.45, 7) is 0.446. The lowest BCUT2D eigenvalue weighted by molar-refractivity contribution is 0.760. The van der Waals surface area contributed by atoms with Crippen molar-refractivity contribution in [3.63, 3.8) is 0 Å². The molecule has 0 spiro atoms. The van der Waals surface area contributed by atoms with Crippen molar-refractivity contribution < 1.29 is 0 Å². The maximum absolute atomic E-state index is 12.1. The Labute approximate surface area is 163 Å². The second kappa shape index (κ2) is 7.73. The molecule has 0 amide bonds. The first-order valence-corrected chi connectivity index (χ1v) is 8.95. The van der Waals surface area contributed by atoms with E-state index in [0.29, 0.717) is 12.1 Å². The lowest BCUT2D eigenvalue weighted by Crippen LogP contribution is -2.18. The van der Waals surface area contributed by atoms with Crippen molar-refractivity contribution in [2.75, 3.05) is 0 Å². The van der Waals surface area contributed by atoms with Crippen LogP contribution in [0.5, 0.6) is 0 Å². The minimum atomic E-state index is -0.0512. The van der Waals surface area contributed by atoms with Gasteiger partial charge in [-0.25, -0.2) is 0 Å². The third-order valence-corrected chi connectivity index (χ3v) is 4.56. The first-order valence-electron chi connectivity index (χ1n) is 8.95. The summed E-state index contributed by atoms with van der Waals surface area (Å²) in [7, 11) is 0. The highest BCUT2D eigenvalue weighted by atomic mass is 16.1. The maximum atomic E-state index is 12.1. The number of rotatable bonds is 4. The molecule has 0 saturated carbocycles. The van der Waals surface area contributed by atoms with Crippen LogP contribution in [0.3, 0.4) is 0 Å². The third kappa shape index (κ3) is 3.60. The first kappa shape index (κ1) is 17.4. The molecule has 2 heterocycles. The van der Waals surface area contributed by atoms with Gasteiger partial charge < -0.3 is 4.57 Å². The quantitative estimate of drug-likeness (QED) is 0.536. The highest BCUT2D eigenvalue weighted by Gasteiger charge is 2.10. The van der Waals surface area contributed by atoms with Crippen molar-refractivity contribution in [3.05, 3.63) is 113 Å². The van der Waals surface area contributed by atoms with E-state index in [1.54, 1.807) is 29.1 Å². The zero-order chi connectivity index (χ0) is 19.3. The molecule has 0 N–H and O–H groups in total. The molecule has 28 heavy (non-hydrogen) atoms. The molecule has 4 aromatic rings. The summed E-state index contributed by atoms with van der Waals surface area (Å²) in [4.78, 5) is 16.6. The maximum Gasteiger partial charge on any atom is 0.250 e. The summed E-state index contributed by atoms with van der Waals surface area (Å²) < 4.78 is 1.66. The van der Waals surface area contributed by atoms with Gasteiger partial charge in [-0.15, -0.1) is 0 Å². The van der Waals surface area contributed by atoms with Crippen molar-refractivity contribution in [1.82, 2.24) is 9.55 Å². The second-order valence-corrected chi connectivity index (χ2v) is 6.46. The summed E-state index contributed by atoms with van der Waals surface area (Å²) >= 11 is 0. The van der Waals surface area contributed by atoms with Gasteiger partial charge in [-0.3, -0.25) is 9.78 Å². The molecular formula is C24H17N3O. The second-order valence-electron chi connectivity index (χ2n) is 6.46. The van der Waals surface area contributed by atoms with Crippen molar-refractivity contribution in [1.29, 1.82) is 5.26 Å². The molecule has 134 valence electrons. The van der Waals surface area contributed by atoms with E-state index in [4.69, 9.17) is 0 Å². The molecule has 4 nitrogen and oxygen atoms in total. The average molecular weight is 363 g/mol. The third-order valence-electron chi connectivity index (χ3n) is 4.56. The number of pyridine rings is 2. The van der Waals surface area contributed by atoms with Crippen molar-refractivity contribution in [2.24, 2.45) is 0 Å². The lowest BCUT2D eigenvalue weighted by Gasteiger charge is -2.12. The van der Waals surface area contributed by atoms with Crippen LogP contribution in [0.25, 0.3) is 22.4 Å². The standard InChI is InChI=1S/C24H17N3O/c25-16-19-7-1-2-8-22(19)20-13-18(17-27-12-6-4-10-24(27)28)14-21(15-20)23-9-3-5-11-26-23/h1-15H,17H2. The summed E-state index contributed by atoms with van der Waals surface area (Å²) in [5.41, 5.74) is 5.13. The van der Waals surface area contributed by atoms with E-state index < -0.39 is 0 Å². The van der Waals surface area contributed by atoms with Crippen LogP contribution in [0, 0.1) is 11.3 Å². The molecule has 0 aliphatic carbocycles. The molecule has 0 radical (unpaired) electrons. The Morgan fingerprint density at radius 1 is 0.893 bits per heavy atom. The molecule has 0 unspecified atom stereocenters. The lowest BCUT2D eigenvalue weighted by atomic mass is 9.95. The minimum Gasteiger partial charge on any atom is -0.311 e. The van der Waals surface area contributed by atoms with Crippen LogP contribution in [0.1, 0.15) is 11.1 Å². The van der Waals surface area contributed by atoms with Gasteiger partial charge in [0.1, 0.15) is 0 Å². The van der Waals surface area contributed by atoms with Crippen molar-refractivity contribution in [3.8, 4) is 28.5 Å². The zero-order valence-electron chi connectivity index (χ0n) is 15.1. The Hall–Kier alpha value is -3.97. The molecular weight excluding hydrogens is 346 g/mol. The van der Waals surface area contributed by atoms with Gasteiger partial charge in [0, 0.05) is 24.0 Å². The Kier molecular flexibility index (Phi) is 4.81. The van der Waals surface area contributed by atoms with E-state index in [1.165, 1.54) is 0 Å². The van der Waals surface area contributed by atoms with Crippen LogP contribution >= 0.6 is 0 Å². The zero-order valence-corrected chi connectivity index (χ0v) is 15.1. The summed E-state index contributed by atoms with van der Waals surface area (Å²) in [6.07, 6.45) is 3.53. The Morgan fingerprint density at radius 2 is 1.68 bits per heavy atom. The monoisotopic (exact) mass is 363 g/mol. The fraction of sp³-hybridized carbons (Fsp3) is 0.0417. The van der Waals surface area contributed by atoms with Crippen LogP contribution in [0.2, 0.25) is 0 Å². The molecule has 4 rings (SSSR count). The summed E-state index contributed by atoms with van der Waals surface area (Å²) in [5, 5.41) is 9.50. The Bertz CT molecular complexity index is 1220. The number of aromatic nitrogens is 2. The van der Waals surface area contributed by atoms with E-state index in [1.807, 2.05) is 66.7 Å². The number of nitriles is 1. The molecule has 0 aliphatic heterocycles. The number of hydrogen-bond donors (Lipinski definition) is 0.